The Morgan fingerprint density at radius 1 is 1.22 bits per heavy atom. The van der Waals surface area contributed by atoms with Gasteiger partial charge in [-0.2, -0.15) is 0 Å². The third-order valence-electron chi connectivity index (χ3n) is 5.14. The lowest BCUT2D eigenvalue weighted by Gasteiger charge is -2.43. The molecule has 27 heavy (non-hydrogen) atoms. The highest BCUT2D eigenvalue weighted by atomic mass is 79.9. The van der Waals surface area contributed by atoms with Gasteiger partial charge in [-0.1, -0.05) is 58.4 Å². The number of hydrogen-bond acceptors (Lipinski definition) is 3. The van der Waals surface area contributed by atoms with Gasteiger partial charge in [0, 0.05) is 30.3 Å². The van der Waals surface area contributed by atoms with Crippen molar-refractivity contribution in [3.63, 3.8) is 0 Å². The molecule has 0 radical (unpaired) electrons. The fraction of sp³-hybridized carbons (Fsp3) is 0.333. The van der Waals surface area contributed by atoms with Crippen molar-refractivity contribution in [3.05, 3.63) is 70.2 Å². The van der Waals surface area contributed by atoms with E-state index in [0.717, 1.165) is 15.6 Å². The molecule has 1 aliphatic heterocycles. The molecule has 3 rings (SSSR count). The minimum absolute atomic E-state index is 0.0512. The number of nitrogens with zero attached hydrogens (tertiary/aromatic N) is 1. The van der Waals surface area contributed by atoms with Gasteiger partial charge in [-0.3, -0.25) is 4.79 Å². The summed E-state index contributed by atoms with van der Waals surface area (Å²) in [4.78, 5) is 25.7. The largest absolute Gasteiger partial charge is 0.481 e. The van der Waals surface area contributed by atoms with E-state index in [1.807, 2.05) is 61.5 Å². The Morgan fingerprint density at radius 3 is 2.48 bits per heavy atom. The molecule has 2 atom stereocenters. The first-order valence-electron chi connectivity index (χ1n) is 8.94. The summed E-state index contributed by atoms with van der Waals surface area (Å²) in [5.74, 6) is -0.896. The van der Waals surface area contributed by atoms with Crippen molar-refractivity contribution in [2.45, 2.75) is 37.8 Å². The van der Waals surface area contributed by atoms with Crippen molar-refractivity contribution < 1.29 is 19.4 Å². The summed E-state index contributed by atoms with van der Waals surface area (Å²) in [5.41, 5.74) is 0.968. The van der Waals surface area contributed by atoms with Crippen molar-refractivity contribution in [2.24, 2.45) is 0 Å². The number of cyclic esters (lactones) is 1. The van der Waals surface area contributed by atoms with Crippen LogP contribution in [0.5, 0.6) is 0 Å². The molecule has 1 fully saturated rings. The molecule has 1 amide bonds. The van der Waals surface area contributed by atoms with Crippen LogP contribution in [0.2, 0.25) is 0 Å². The molecule has 0 saturated carbocycles. The number of ether oxygens (including phenoxy) is 1. The Bertz CT molecular complexity index is 809. The molecular formula is C21H22BrNO4. The van der Waals surface area contributed by atoms with Gasteiger partial charge in [0.1, 0.15) is 5.60 Å². The average Bonchev–Trinajstić information content (AvgIpc) is 2.67. The summed E-state index contributed by atoms with van der Waals surface area (Å²) >= 11 is 3.42. The number of carbonyl (C=O) groups is 2. The van der Waals surface area contributed by atoms with Gasteiger partial charge in [0.25, 0.3) is 0 Å². The summed E-state index contributed by atoms with van der Waals surface area (Å²) in [6.07, 6.45) is 0.353. The lowest BCUT2D eigenvalue weighted by molar-refractivity contribution is -0.139. The average molecular weight is 432 g/mol. The zero-order valence-electron chi connectivity index (χ0n) is 15.1. The summed E-state index contributed by atoms with van der Waals surface area (Å²) in [6, 6.07) is 17.2. The van der Waals surface area contributed by atoms with Crippen molar-refractivity contribution in [1.82, 2.24) is 4.90 Å². The first-order valence-corrected chi connectivity index (χ1v) is 9.73. The van der Waals surface area contributed by atoms with E-state index in [-0.39, 0.29) is 18.9 Å². The number of carboxylic acid groups (broad SMARTS) is 1. The fourth-order valence-corrected chi connectivity index (χ4v) is 3.78. The topological polar surface area (TPSA) is 66.8 Å². The van der Waals surface area contributed by atoms with Gasteiger partial charge in [-0.15, -0.1) is 0 Å². The normalized spacial score (nSPS) is 20.8. The minimum atomic E-state index is -0.896. The SMILES string of the molecule is C[C@@H](c1ccc(Br)cc1)N1CC[C@](CCC(=O)O)(c2ccccc2)OC1=O. The van der Waals surface area contributed by atoms with Crippen LogP contribution in [0.15, 0.2) is 59.1 Å². The molecule has 5 nitrogen and oxygen atoms in total. The predicted molar refractivity (Wildman–Crippen MR) is 105 cm³/mol. The summed E-state index contributed by atoms with van der Waals surface area (Å²) in [5, 5.41) is 9.13. The second-order valence-electron chi connectivity index (χ2n) is 6.79. The zero-order valence-corrected chi connectivity index (χ0v) is 16.7. The van der Waals surface area contributed by atoms with Gasteiger partial charge in [0.15, 0.2) is 0 Å². The molecule has 2 aromatic rings. The van der Waals surface area contributed by atoms with E-state index in [9.17, 15) is 9.59 Å². The van der Waals surface area contributed by atoms with Gasteiger partial charge < -0.3 is 14.7 Å². The van der Waals surface area contributed by atoms with Gasteiger partial charge in [0.05, 0.1) is 6.04 Å². The van der Waals surface area contributed by atoms with Crippen LogP contribution >= 0.6 is 15.9 Å². The highest BCUT2D eigenvalue weighted by molar-refractivity contribution is 9.10. The standard InChI is InChI=1S/C21H22BrNO4/c1-15(16-7-9-18(22)10-8-16)23-14-13-21(27-20(23)26,12-11-19(24)25)17-5-3-2-4-6-17/h2-10,15H,11-14H2,1H3,(H,24,25)/t15-,21+/m0/s1. The number of hydrogen-bond donors (Lipinski definition) is 1. The number of aliphatic carboxylic acids is 1. The fourth-order valence-electron chi connectivity index (χ4n) is 3.52. The molecule has 1 N–H and O–H groups in total. The van der Waals surface area contributed by atoms with Crippen molar-refractivity contribution in [2.75, 3.05) is 6.54 Å². The van der Waals surface area contributed by atoms with Crippen LogP contribution < -0.4 is 0 Å². The minimum Gasteiger partial charge on any atom is -0.481 e. The molecular weight excluding hydrogens is 410 g/mol. The summed E-state index contributed by atoms with van der Waals surface area (Å²) < 4.78 is 6.89. The van der Waals surface area contributed by atoms with Crippen LogP contribution in [-0.2, 0) is 15.1 Å². The molecule has 2 aromatic carbocycles. The number of rotatable bonds is 6. The summed E-state index contributed by atoms with van der Waals surface area (Å²) in [7, 11) is 0. The van der Waals surface area contributed by atoms with Crippen molar-refractivity contribution in [1.29, 1.82) is 0 Å². The van der Waals surface area contributed by atoms with Crippen LogP contribution in [0.4, 0.5) is 4.79 Å². The molecule has 0 spiro atoms. The third-order valence-corrected chi connectivity index (χ3v) is 5.66. The highest BCUT2D eigenvalue weighted by Crippen LogP contribution is 2.40. The monoisotopic (exact) mass is 431 g/mol. The number of carboxylic acids is 1. The molecule has 0 bridgehead atoms. The van der Waals surface area contributed by atoms with Crippen LogP contribution in [0.3, 0.4) is 0 Å². The second-order valence-corrected chi connectivity index (χ2v) is 7.71. The number of benzene rings is 2. The maximum Gasteiger partial charge on any atom is 0.411 e. The molecule has 142 valence electrons. The highest BCUT2D eigenvalue weighted by Gasteiger charge is 2.43. The Balaban J connectivity index is 1.82. The molecule has 6 heteroatoms. The lowest BCUT2D eigenvalue weighted by atomic mass is 9.84. The van der Waals surface area contributed by atoms with E-state index in [1.165, 1.54) is 0 Å². The van der Waals surface area contributed by atoms with Gasteiger partial charge in [-0.25, -0.2) is 4.79 Å². The van der Waals surface area contributed by atoms with Crippen LogP contribution in [0.1, 0.15) is 43.4 Å². The van der Waals surface area contributed by atoms with E-state index >= 15 is 0 Å². The molecule has 0 unspecified atom stereocenters. The number of amides is 1. The Morgan fingerprint density at radius 2 is 1.89 bits per heavy atom. The summed E-state index contributed by atoms with van der Waals surface area (Å²) in [6.45, 7) is 2.47. The van der Waals surface area contributed by atoms with Gasteiger partial charge >= 0.3 is 12.1 Å². The molecule has 1 aliphatic rings. The van der Waals surface area contributed by atoms with Gasteiger partial charge in [0.2, 0.25) is 0 Å². The van der Waals surface area contributed by atoms with E-state index in [4.69, 9.17) is 9.84 Å². The smallest absolute Gasteiger partial charge is 0.411 e. The van der Waals surface area contributed by atoms with Crippen LogP contribution in [-0.4, -0.2) is 28.6 Å². The quantitative estimate of drug-likeness (QED) is 0.689. The van der Waals surface area contributed by atoms with E-state index < -0.39 is 17.7 Å². The van der Waals surface area contributed by atoms with Crippen molar-refractivity contribution in [3.8, 4) is 0 Å². The Labute approximate surface area is 167 Å². The molecule has 1 saturated heterocycles. The van der Waals surface area contributed by atoms with Crippen LogP contribution in [0, 0.1) is 0 Å². The molecule has 0 aromatic heterocycles. The van der Waals surface area contributed by atoms with Crippen molar-refractivity contribution >= 4 is 28.0 Å². The first kappa shape index (κ1) is 19.4. The van der Waals surface area contributed by atoms with Crippen LogP contribution in [0.25, 0.3) is 0 Å². The Hall–Kier alpha value is -2.34. The second kappa shape index (κ2) is 8.13. The third kappa shape index (κ3) is 4.33. The molecule has 1 heterocycles. The van der Waals surface area contributed by atoms with E-state index in [1.54, 1.807) is 4.90 Å². The maximum atomic E-state index is 12.9. The Kier molecular flexibility index (Phi) is 5.85. The lowest BCUT2D eigenvalue weighted by Crippen LogP contribution is -2.48. The zero-order chi connectivity index (χ0) is 19.4. The maximum absolute atomic E-state index is 12.9. The predicted octanol–water partition coefficient (Wildman–Crippen LogP) is 5.11. The first-order chi connectivity index (χ1) is 12.9. The van der Waals surface area contributed by atoms with Gasteiger partial charge in [-0.05, 0) is 30.2 Å². The molecule has 0 aliphatic carbocycles. The number of halogens is 1. The number of carbonyl (C=O) groups excluding carboxylic acids is 1. The van der Waals surface area contributed by atoms with E-state index in [0.29, 0.717) is 13.0 Å². The van der Waals surface area contributed by atoms with E-state index in [2.05, 4.69) is 15.9 Å².